The highest BCUT2D eigenvalue weighted by atomic mass is 19.1. The summed E-state index contributed by atoms with van der Waals surface area (Å²) < 4.78 is 32.3. The molecule has 1 aromatic heterocycles. The van der Waals surface area contributed by atoms with E-state index in [1.807, 2.05) is 32.0 Å². The Bertz CT molecular complexity index is 1770. The van der Waals surface area contributed by atoms with Gasteiger partial charge < -0.3 is 34.6 Å². The largest absolute Gasteiger partial charge is 0.497 e. The van der Waals surface area contributed by atoms with Gasteiger partial charge in [-0.1, -0.05) is 24.6 Å². The highest BCUT2D eigenvalue weighted by Gasteiger charge is 2.23. The van der Waals surface area contributed by atoms with Gasteiger partial charge in [0.15, 0.2) is 11.6 Å². The summed E-state index contributed by atoms with van der Waals surface area (Å²) in [6.07, 6.45) is 5.87. The number of rotatable bonds is 13. The van der Waals surface area contributed by atoms with Gasteiger partial charge in [-0.15, -0.1) is 0 Å². The van der Waals surface area contributed by atoms with Gasteiger partial charge in [-0.3, -0.25) is 9.59 Å². The number of carbonyl (C=O) groups excluding carboxylic acids is 2. The standard InChI is InChI=1S/C37H43FN6O5/c1-24-11-9-12-25(2)33(24)41-34(45)29-23-39-37(42-35(29)49-31-16-14-27(47-5)22-28(31)36(46)43(3)4)40-26-13-15-32(30(38)21-26)48-20-10-19-44-17-7-6-8-18-44/h9,11-16,21-23H,6-8,10,17-20H2,1-5H3,(H,41,45)(H,39,40,42). The van der Waals surface area contributed by atoms with Gasteiger partial charge in [-0.05, 0) is 87.7 Å². The number of anilines is 3. The summed E-state index contributed by atoms with van der Waals surface area (Å²) in [6, 6.07) is 15.0. The number of carbonyl (C=O) groups is 2. The summed E-state index contributed by atoms with van der Waals surface area (Å²) in [5.74, 6) is -0.701. The van der Waals surface area contributed by atoms with Gasteiger partial charge in [-0.2, -0.15) is 4.98 Å². The minimum atomic E-state index is -0.533. The van der Waals surface area contributed by atoms with Crippen molar-refractivity contribution in [2.24, 2.45) is 0 Å². The molecule has 0 unspecified atom stereocenters. The molecule has 2 N–H and O–H groups in total. The lowest BCUT2D eigenvalue weighted by atomic mass is 10.1. The topological polar surface area (TPSA) is 118 Å². The van der Waals surface area contributed by atoms with Crippen LogP contribution in [0.2, 0.25) is 0 Å². The van der Waals surface area contributed by atoms with Crippen molar-refractivity contribution >= 4 is 29.1 Å². The van der Waals surface area contributed by atoms with E-state index < -0.39 is 11.7 Å². The molecule has 258 valence electrons. The SMILES string of the molecule is COc1ccc(Oc2nc(Nc3ccc(OCCCN4CCCCC4)c(F)c3)ncc2C(=O)Nc2c(C)cccc2C)c(C(=O)N(C)C)c1. The Labute approximate surface area is 286 Å². The number of ether oxygens (including phenoxy) is 3. The molecular formula is C37H43FN6O5. The first-order valence-electron chi connectivity index (χ1n) is 16.4. The smallest absolute Gasteiger partial charge is 0.262 e. The summed E-state index contributed by atoms with van der Waals surface area (Å²) >= 11 is 0. The maximum absolute atomic E-state index is 15.1. The molecule has 0 bridgehead atoms. The molecule has 11 nitrogen and oxygen atoms in total. The molecule has 2 amide bonds. The average Bonchev–Trinajstić information content (AvgIpc) is 3.09. The Kier molecular flexibility index (Phi) is 11.6. The zero-order valence-corrected chi connectivity index (χ0v) is 28.6. The summed E-state index contributed by atoms with van der Waals surface area (Å²) in [5.41, 5.74) is 2.99. The molecule has 2 heterocycles. The minimum Gasteiger partial charge on any atom is -0.497 e. The Morgan fingerprint density at radius 1 is 0.959 bits per heavy atom. The second-order valence-corrected chi connectivity index (χ2v) is 12.2. The third-order valence-electron chi connectivity index (χ3n) is 8.26. The van der Waals surface area contributed by atoms with Crippen molar-refractivity contribution in [1.29, 1.82) is 0 Å². The lowest BCUT2D eigenvalue weighted by Crippen LogP contribution is -2.31. The number of halogens is 1. The van der Waals surface area contributed by atoms with Crippen molar-refractivity contribution in [2.75, 3.05) is 58.1 Å². The van der Waals surface area contributed by atoms with Crippen LogP contribution in [0, 0.1) is 19.7 Å². The number of benzene rings is 3. The first-order valence-corrected chi connectivity index (χ1v) is 16.4. The van der Waals surface area contributed by atoms with E-state index in [0.29, 0.717) is 23.7 Å². The van der Waals surface area contributed by atoms with Crippen LogP contribution in [0.3, 0.4) is 0 Å². The van der Waals surface area contributed by atoms with Gasteiger partial charge in [0.2, 0.25) is 11.8 Å². The quantitative estimate of drug-likeness (QED) is 0.145. The van der Waals surface area contributed by atoms with Crippen molar-refractivity contribution in [1.82, 2.24) is 19.8 Å². The van der Waals surface area contributed by atoms with Crippen molar-refractivity contribution in [3.8, 4) is 23.1 Å². The number of likely N-dealkylation sites (tertiary alicyclic amines) is 1. The monoisotopic (exact) mass is 670 g/mol. The maximum atomic E-state index is 15.1. The number of methoxy groups -OCH3 is 1. The number of para-hydroxylation sites is 1. The Balaban J connectivity index is 1.39. The molecule has 0 atom stereocenters. The fourth-order valence-corrected chi connectivity index (χ4v) is 5.57. The summed E-state index contributed by atoms with van der Waals surface area (Å²) in [6.45, 7) is 7.35. The molecule has 0 radical (unpaired) electrons. The van der Waals surface area contributed by atoms with Gasteiger partial charge >= 0.3 is 0 Å². The number of aryl methyl sites for hydroxylation is 2. The third kappa shape index (κ3) is 9.02. The lowest BCUT2D eigenvalue weighted by molar-refractivity contribution is 0.0824. The lowest BCUT2D eigenvalue weighted by Gasteiger charge is -2.26. The van der Waals surface area contributed by atoms with E-state index in [1.54, 1.807) is 44.4 Å². The first-order chi connectivity index (χ1) is 23.6. The van der Waals surface area contributed by atoms with E-state index in [4.69, 9.17) is 14.2 Å². The average molecular weight is 671 g/mol. The van der Waals surface area contributed by atoms with Gasteiger partial charge in [0.05, 0.1) is 19.3 Å². The number of hydrogen-bond donors (Lipinski definition) is 2. The molecule has 3 aromatic carbocycles. The minimum absolute atomic E-state index is 0.0201. The van der Waals surface area contributed by atoms with Gasteiger partial charge in [0.25, 0.3) is 11.8 Å². The van der Waals surface area contributed by atoms with Crippen LogP contribution in [-0.2, 0) is 0 Å². The van der Waals surface area contributed by atoms with E-state index in [1.165, 1.54) is 43.5 Å². The summed E-state index contributed by atoms with van der Waals surface area (Å²) in [4.78, 5) is 39.4. The Morgan fingerprint density at radius 3 is 2.39 bits per heavy atom. The van der Waals surface area contributed by atoms with Crippen molar-refractivity contribution in [3.05, 3.63) is 88.9 Å². The normalized spacial score (nSPS) is 13.0. The molecular weight excluding hydrogens is 627 g/mol. The van der Waals surface area contributed by atoms with E-state index >= 15 is 4.39 Å². The zero-order valence-electron chi connectivity index (χ0n) is 28.6. The van der Waals surface area contributed by atoms with Crippen LogP contribution in [0.25, 0.3) is 0 Å². The number of nitrogens with zero attached hydrogens (tertiary/aromatic N) is 4. The van der Waals surface area contributed by atoms with Gasteiger partial charge in [0, 0.05) is 44.3 Å². The predicted octanol–water partition coefficient (Wildman–Crippen LogP) is 6.99. The summed E-state index contributed by atoms with van der Waals surface area (Å²) in [7, 11) is 4.73. The Hall–Kier alpha value is -5.23. The van der Waals surface area contributed by atoms with Crippen LogP contribution >= 0.6 is 0 Å². The fraction of sp³-hybridized carbons (Fsp3) is 0.351. The molecule has 1 aliphatic heterocycles. The number of amides is 2. The molecule has 0 saturated carbocycles. The third-order valence-corrected chi connectivity index (χ3v) is 8.26. The molecule has 0 aliphatic carbocycles. The van der Waals surface area contributed by atoms with Crippen LogP contribution in [0.1, 0.15) is 57.5 Å². The van der Waals surface area contributed by atoms with Crippen molar-refractivity contribution < 1.29 is 28.2 Å². The highest BCUT2D eigenvalue weighted by Crippen LogP contribution is 2.32. The molecule has 0 spiro atoms. The molecule has 1 aliphatic rings. The van der Waals surface area contributed by atoms with Gasteiger partial charge in [-0.25, -0.2) is 9.37 Å². The van der Waals surface area contributed by atoms with Crippen LogP contribution in [-0.4, -0.2) is 79.0 Å². The predicted molar refractivity (Wildman–Crippen MR) is 187 cm³/mol. The van der Waals surface area contributed by atoms with Crippen LogP contribution in [0.15, 0.2) is 60.8 Å². The molecule has 1 fully saturated rings. The molecule has 49 heavy (non-hydrogen) atoms. The number of aromatic nitrogens is 2. The Morgan fingerprint density at radius 2 is 1.69 bits per heavy atom. The van der Waals surface area contributed by atoms with E-state index in [0.717, 1.165) is 37.2 Å². The summed E-state index contributed by atoms with van der Waals surface area (Å²) in [5, 5.41) is 5.92. The zero-order chi connectivity index (χ0) is 34.9. The number of nitrogens with one attached hydrogen (secondary N) is 2. The second-order valence-electron chi connectivity index (χ2n) is 12.2. The molecule has 5 rings (SSSR count). The van der Waals surface area contributed by atoms with Gasteiger partial charge in [0.1, 0.15) is 17.1 Å². The molecule has 1 saturated heterocycles. The van der Waals surface area contributed by atoms with Crippen molar-refractivity contribution in [3.63, 3.8) is 0 Å². The first kappa shape index (κ1) is 35.1. The number of piperidine rings is 1. The van der Waals surface area contributed by atoms with Crippen LogP contribution < -0.4 is 24.8 Å². The van der Waals surface area contributed by atoms with Crippen LogP contribution in [0.4, 0.5) is 21.7 Å². The van der Waals surface area contributed by atoms with Crippen LogP contribution in [0.5, 0.6) is 23.1 Å². The van der Waals surface area contributed by atoms with E-state index in [9.17, 15) is 9.59 Å². The number of hydrogen-bond acceptors (Lipinski definition) is 9. The molecule has 4 aromatic rings. The second kappa shape index (κ2) is 16.2. The van der Waals surface area contributed by atoms with E-state index in [2.05, 4.69) is 25.5 Å². The van der Waals surface area contributed by atoms with Crippen molar-refractivity contribution in [2.45, 2.75) is 39.5 Å². The van der Waals surface area contributed by atoms with E-state index in [-0.39, 0.29) is 40.4 Å². The maximum Gasteiger partial charge on any atom is 0.262 e. The molecule has 12 heteroatoms. The highest BCUT2D eigenvalue weighted by molar-refractivity contribution is 6.06. The fourth-order valence-electron chi connectivity index (χ4n) is 5.57.